The minimum absolute atomic E-state index is 0.204. The van der Waals surface area contributed by atoms with Crippen molar-refractivity contribution in [3.05, 3.63) is 0 Å². The van der Waals surface area contributed by atoms with Crippen LogP contribution in [0.2, 0.25) is 0 Å². The molecule has 1 aliphatic rings. The fourth-order valence-electron chi connectivity index (χ4n) is 1.99. The molecular weight excluding hydrogens is 262 g/mol. The first-order valence-corrected chi connectivity index (χ1v) is 8.19. The number of nitrogens with one attached hydrogen (secondary N) is 1. The van der Waals surface area contributed by atoms with Crippen molar-refractivity contribution in [3.63, 3.8) is 0 Å². The first-order chi connectivity index (χ1) is 9.22. The Morgan fingerprint density at radius 2 is 2.21 bits per heavy atom. The van der Waals surface area contributed by atoms with Gasteiger partial charge in [0.25, 0.3) is 0 Å². The second kappa shape index (κ2) is 9.44. The van der Waals surface area contributed by atoms with Crippen LogP contribution in [0.5, 0.6) is 0 Å². The number of ether oxygens (including phenoxy) is 2. The molecule has 19 heavy (non-hydrogen) atoms. The number of nitrogens with two attached hydrogens (primary N) is 1. The van der Waals surface area contributed by atoms with Gasteiger partial charge in [0.2, 0.25) is 0 Å². The maximum absolute atomic E-state index is 5.88. The smallest absolute Gasteiger partial charge is 0.188 e. The van der Waals surface area contributed by atoms with Gasteiger partial charge in [0, 0.05) is 37.7 Å². The zero-order chi connectivity index (χ0) is 14.0. The Kier molecular flexibility index (Phi) is 8.25. The first-order valence-electron chi connectivity index (χ1n) is 6.97. The third kappa shape index (κ3) is 6.49. The van der Waals surface area contributed by atoms with Crippen molar-refractivity contribution < 1.29 is 9.47 Å². The molecule has 1 rings (SSSR count). The minimum Gasteiger partial charge on any atom is -0.382 e. The molecule has 0 aromatic heterocycles. The normalized spacial score (nSPS) is 19.4. The van der Waals surface area contributed by atoms with Gasteiger partial charge in [-0.3, -0.25) is 4.99 Å². The Labute approximate surface area is 120 Å². The van der Waals surface area contributed by atoms with Crippen LogP contribution in [0.15, 0.2) is 4.99 Å². The van der Waals surface area contributed by atoms with Gasteiger partial charge < -0.3 is 20.5 Å². The summed E-state index contributed by atoms with van der Waals surface area (Å²) < 4.78 is 10.9. The maximum atomic E-state index is 5.88. The van der Waals surface area contributed by atoms with Crippen molar-refractivity contribution in [2.24, 2.45) is 10.7 Å². The lowest BCUT2D eigenvalue weighted by Crippen LogP contribution is -2.39. The van der Waals surface area contributed by atoms with E-state index in [9.17, 15) is 0 Å². The van der Waals surface area contributed by atoms with E-state index in [-0.39, 0.29) is 4.75 Å². The summed E-state index contributed by atoms with van der Waals surface area (Å²) in [6.45, 7) is 6.77. The molecule has 0 spiro atoms. The molecule has 1 fully saturated rings. The Bertz CT molecular complexity index is 269. The second-order valence-corrected chi connectivity index (χ2v) is 5.95. The predicted octanol–water partition coefficient (Wildman–Crippen LogP) is 1.23. The summed E-state index contributed by atoms with van der Waals surface area (Å²) >= 11 is 1.88. The molecule has 0 amide bonds. The molecule has 0 atom stereocenters. The van der Waals surface area contributed by atoms with Crippen LogP contribution >= 0.6 is 11.8 Å². The summed E-state index contributed by atoms with van der Waals surface area (Å²) in [5.41, 5.74) is 5.88. The standard InChI is InChI=1S/C13H27N3O2S/c1-3-17-8-4-7-15-12(14)16-11-13(19-2)5-9-18-10-6-13/h3-11H2,1-2H3,(H3,14,15,16). The maximum Gasteiger partial charge on any atom is 0.188 e. The molecule has 1 saturated heterocycles. The highest BCUT2D eigenvalue weighted by molar-refractivity contribution is 8.00. The van der Waals surface area contributed by atoms with E-state index in [0.29, 0.717) is 5.96 Å². The van der Waals surface area contributed by atoms with Crippen molar-refractivity contribution in [2.75, 3.05) is 45.8 Å². The number of hydrogen-bond acceptors (Lipinski definition) is 4. The highest BCUT2D eigenvalue weighted by atomic mass is 32.2. The highest BCUT2D eigenvalue weighted by Crippen LogP contribution is 2.33. The van der Waals surface area contributed by atoms with E-state index in [0.717, 1.165) is 58.8 Å². The van der Waals surface area contributed by atoms with Crippen molar-refractivity contribution in [3.8, 4) is 0 Å². The van der Waals surface area contributed by atoms with E-state index in [2.05, 4.69) is 16.6 Å². The summed E-state index contributed by atoms with van der Waals surface area (Å²) in [5, 5.41) is 3.13. The van der Waals surface area contributed by atoms with Crippen LogP contribution < -0.4 is 11.1 Å². The second-order valence-electron chi connectivity index (χ2n) is 4.68. The third-order valence-corrected chi connectivity index (χ3v) is 4.75. The average molecular weight is 289 g/mol. The van der Waals surface area contributed by atoms with Gasteiger partial charge in [0.15, 0.2) is 5.96 Å². The summed E-state index contributed by atoms with van der Waals surface area (Å²) in [4.78, 5) is 4.47. The number of hydrogen-bond donors (Lipinski definition) is 2. The van der Waals surface area contributed by atoms with E-state index in [1.807, 2.05) is 18.7 Å². The zero-order valence-electron chi connectivity index (χ0n) is 12.1. The summed E-state index contributed by atoms with van der Waals surface area (Å²) in [5.74, 6) is 0.538. The Morgan fingerprint density at radius 3 is 2.84 bits per heavy atom. The summed E-state index contributed by atoms with van der Waals surface area (Å²) in [6.07, 6.45) is 5.20. The van der Waals surface area contributed by atoms with Gasteiger partial charge in [-0.1, -0.05) is 0 Å². The van der Waals surface area contributed by atoms with E-state index < -0.39 is 0 Å². The molecule has 0 aromatic carbocycles. The van der Waals surface area contributed by atoms with Gasteiger partial charge in [-0.2, -0.15) is 11.8 Å². The summed E-state index contributed by atoms with van der Waals surface area (Å²) in [6, 6.07) is 0. The lowest BCUT2D eigenvalue weighted by atomic mass is 9.99. The Balaban J connectivity index is 2.25. The largest absolute Gasteiger partial charge is 0.382 e. The fraction of sp³-hybridized carbons (Fsp3) is 0.923. The molecule has 0 aliphatic carbocycles. The van der Waals surface area contributed by atoms with Gasteiger partial charge in [-0.15, -0.1) is 0 Å². The molecule has 6 heteroatoms. The monoisotopic (exact) mass is 289 g/mol. The topological polar surface area (TPSA) is 68.9 Å². The molecule has 0 saturated carbocycles. The molecule has 1 heterocycles. The van der Waals surface area contributed by atoms with E-state index in [1.54, 1.807) is 0 Å². The van der Waals surface area contributed by atoms with Crippen LogP contribution in [-0.4, -0.2) is 56.5 Å². The van der Waals surface area contributed by atoms with Crippen LogP contribution in [0.1, 0.15) is 26.2 Å². The van der Waals surface area contributed by atoms with Crippen LogP contribution in [-0.2, 0) is 9.47 Å². The van der Waals surface area contributed by atoms with Crippen LogP contribution in [0.3, 0.4) is 0 Å². The third-order valence-electron chi connectivity index (χ3n) is 3.35. The number of thioether (sulfide) groups is 1. The number of rotatable bonds is 8. The van der Waals surface area contributed by atoms with Gasteiger partial charge in [-0.05, 0) is 32.4 Å². The fourth-order valence-corrected chi connectivity index (χ4v) is 2.76. The lowest BCUT2D eigenvalue weighted by Gasteiger charge is -2.34. The van der Waals surface area contributed by atoms with Gasteiger partial charge >= 0.3 is 0 Å². The van der Waals surface area contributed by atoms with E-state index >= 15 is 0 Å². The molecule has 1 aliphatic heterocycles. The Morgan fingerprint density at radius 1 is 1.47 bits per heavy atom. The van der Waals surface area contributed by atoms with E-state index in [1.165, 1.54) is 0 Å². The lowest BCUT2D eigenvalue weighted by molar-refractivity contribution is 0.0794. The van der Waals surface area contributed by atoms with Crippen molar-refractivity contribution in [1.82, 2.24) is 5.32 Å². The predicted molar refractivity (Wildman–Crippen MR) is 81.9 cm³/mol. The van der Waals surface area contributed by atoms with Gasteiger partial charge in [-0.25, -0.2) is 0 Å². The number of nitrogens with zero attached hydrogens (tertiary/aromatic N) is 1. The molecular formula is C13H27N3O2S. The van der Waals surface area contributed by atoms with Crippen LogP contribution in [0, 0.1) is 0 Å². The molecule has 5 nitrogen and oxygen atoms in total. The molecule has 0 unspecified atom stereocenters. The van der Waals surface area contributed by atoms with Crippen LogP contribution in [0.25, 0.3) is 0 Å². The quantitative estimate of drug-likeness (QED) is 0.399. The van der Waals surface area contributed by atoms with Crippen molar-refractivity contribution >= 4 is 17.7 Å². The average Bonchev–Trinajstić information content (AvgIpc) is 2.46. The molecule has 0 bridgehead atoms. The molecule has 0 radical (unpaired) electrons. The highest BCUT2D eigenvalue weighted by Gasteiger charge is 2.31. The van der Waals surface area contributed by atoms with E-state index in [4.69, 9.17) is 15.2 Å². The molecule has 0 aromatic rings. The van der Waals surface area contributed by atoms with Crippen LogP contribution in [0.4, 0.5) is 0 Å². The summed E-state index contributed by atoms with van der Waals surface area (Å²) in [7, 11) is 0. The number of guanidine groups is 1. The van der Waals surface area contributed by atoms with Crippen molar-refractivity contribution in [2.45, 2.75) is 30.9 Å². The van der Waals surface area contributed by atoms with Gasteiger partial charge in [0.1, 0.15) is 0 Å². The number of aliphatic imine (C=N–C) groups is 1. The molecule has 112 valence electrons. The Hall–Kier alpha value is -0.460. The minimum atomic E-state index is 0.204. The zero-order valence-corrected chi connectivity index (χ0v) is 12.9. The van der Waals surface area contributed by atoms with Gasteiger partial charge in [0.05, 0.1) is 6.54 Å². The SMILES string of the molecule is CCOCCCNC(N)=NCC1(SC)CCOCC1. The molecule has 3 N–H and O–H groups in total. The van der Waals surface area contributed by atoms with Crippen molar-refractivity contribution in [1.29, 1.82) is 0 Å². The first kappa shape index (κ1) is 16.6.